The summed E-state index contributed by atoms with van der Waals surface area (Å²) >= 11 is 3.86. The lowest BCUT2D eigenvalue weighted by molar-refractivity contribution is 0.0219. The number of piperidine rings is 1. The van der Waals surface area contributed by atoms with Gasteiger partial charge in [-0.05, 0) is 88.6 Å². The molecule has 0 aliphatic carbocycles. The summed E-state index contributed by atoms with van der Waals surface area (Å²) in [7, 11) is 0. The second-order valence-electron chi connectivity index (χ2n) is 11.5. The number of rotatable bonds is 5. The van der Waals surface area contributed by atoms with Gasteiger partial charge in [0.15, 0.2) is 5.65 Å². The average molecular weight is 666 g/mol. The molecule has 1 aliphatic rings. The van der Waals surface area contributed by atoms with Crippen LogP contribution in [0.4, 0.5) is 15.3 Å². The zero-order valence-electron chi connectivity index (χ0n) is 23.3. The summed E-state index contributed by atoms with van der Waals surface area (Å²) in [5.41, 5.74) is 1.03. The van der Waals surface area contributed by atoms with E-state index in [0.29, 0.717) is 31.0 Å². The van der Waals surface area contributed by atoms with Crippen molar-refractivity contribution in [1.29, 1.82) is 0 Å². The summed E-state index contributed by atoms with van der Waals surface area (Å²) in [4.78, 5) is 34.0. The number of carbonyl (C=O) groups is 2. The van der Waals surface area contributed by atoms with Gasteiger partial charge in [0.2, 0.25) is 0 Å². The molecule has 9 nitrogen and oxygen atoms in total. The van der Waals surface area contributed by atoms with Gasteiger partial charge in [-0.3, -0.25) is 4.90 Å². The number of fused-ring (bicyclic) bond motifs is 1. The first-order chi connectivity index (χ1) is 18.3. The topological polar surface area (TPSA) is 89.3 Å². The summed E-state index contributed by atoms with van der Waals surface area (Å²) < 4.78 is 14.0. The van der Waals surface area contributed by atoms with Crippen LogP contribution in [0.5, 0.6) is 0 Å². The van der Waals surface area contributed by atoms with Crippen LogP contribution in [-0.2, 0) is 16.0 Å². The quantitative estimate of drug-likeness (QED) is 0.278. The third kappa shape index (κ3) is 8.00. The van der Waals surface area contributed by atoms with Gasteiger partial charge in [0.1, 0.15) is 19.9 Å². The fourth-order valence-electron chi connectivity index (χ4n) is 4.14. The number of anilines is 1. The molecule has 39 heavy (non-hydrogen) atoms. The first-order valence-electron chi connectivity index (χ1n) is 13.0. The van der Waals surface area contributed by atoms with Gasteiger partial charge in [-0.1, -0.05) is 30.3 Å². The smallest absolute Gasteiger partial charge is 0.415 e. The monoisotopic (exact) mass is 665 g/mol. The van der Waals surface area contributed by atoms with Gasteiger partial charge < -0.3 is 14.4 Å². The van der Waals surface area contributed by atoms with E-state index < -0.39 is 17.3 Å². The third-order valence-electron chi connectivity index (χ3n) is 5.85. The highest BCUT2D eigenvalue weighted by Crippen LogP contribution is 2.34. The highest BCUT2D eigenvalue weighted by Gasteiger charge is 2.30. The minimum atomic E-state index is -0.654. The molecule has 3 aromatic rings. The van der Waals surface area contributed by atoms with Gasteiger partial charge in [-0.15, -0.1) is 11.8 Å². The van der Waals surface area contributed by atoms with E-state index in [0.717, 1.165) is 27.1 Å². The fraction of sp³-hybridized carbons (Fsp3) is 0.500. The van der Waals surface area contributed by atoms with Crippen LogP contribution >= 0.6 is 34.4 Å². The molecule has 1 fully saturated rings. The van der Waals surface area contributed by atoms with Crippen LogP contribution in [0.3, 0.4) is 0 Å². The average Bonchev–Trinajstić information content (AvgIpc) is 3.21. The van der Waals surface area contributed by atoms with Crippen molar-refractivity contribution in [2.45, 2.75) is 82.4 Å². The van der Waals surface area contributed by atoms with Crippen molar-refractivity contribution in [3.8, 4) is 0 Å². The number of carbonyl (C=O) groups excluding carboxylic acids is 2. The summed E-state index contributed by atoms with van der Waals surface area (Å²) in [6.45, 7) is 12.8. The van der Waals surface area contributed by atoms with E-state index in [9.17, 15) is 9.59 Å². The molecule has 0 unspecified atom stereocenters. The predicted octanol–water partition coefficient (Wildman–Crippen LogP) is 6.77. The van der Waals surface area contributed by atoms with E-state index in [1.165, 1.54) is 0 Å². The number of hydrogen-bond acceptors (Lipinski definition) is 7. The van der Waals surface area contributed by atoms with Crippen LogP contribution < -0.4 is 4.90 Å². The number of halogens is 1. The molecule has 1 aromatic carbocycles. The van der Waals surface area contributed by atoms with Crippen LogP contribution in [0, 0.1) is 3.70 Å². The van der Waals surface area contributed by atoms with Gasteiger partial charge in [-0.25, -0.2) is 19.1 Å². The maximum absolute atomic E-state index is 13.5. The highest BCUT2D eigenvalue weighted by molar-refractivity contribution is 14.1. The van der Waals surface area contributed by atoms with Crippen LogP contribution in [0.1, 0.15) is 59.9 Å². The van der Waals surface area contributed by atoms with Crippen molar-refractivity contribution in [1.82, 2.24) is 19.5 Å². The number of benzene rings is 1. The second kappa shape index (κ2) is 11.9. The zero-order chi connectivity index (χ0) is 28.4. The molecule has 0 atom stereocenters. The van der Waals surface area contributed by atoms with Crippen molar-refractivity contribution in [2.24, 2.45) is 0 Å². The number of aromatic nitrogens is 3. The van der Waals surface area contributed by atoms with E-state index >= 15 is 0 Å². The molecular weight excluding hydrogens is 629 g/mol. The lowest BCUT2D eigenvalue weighted by Crippen LogP contribution is -2.42. The maximum atomic E-state index is 13.5. The molecule has 2 aromatic heterocycles. The molecule has 1 aliphatic heterocycles. The molecule has 0 bridgehead atoms. The van der Waals surface area contributed by atoms with Crippen LogP contribution in [0.25, 0.3) is 5.65 Å². The summed E-state index contributed by atoms with van der Waals surface area (Å²) in [5, 5.41) is 5.89. The van der Waals surface area contributed by atoms with Gasteiger partial charge in [0.05, 0.1) is 18.4 Å². The van der Waals surface area contributed by atoms with Crippen LogP contribution in [0.15, 0.2) is 47.6 Å². The van der Waals surface area contributed by atoms with Crippen molar-refractivity contribution < 1.29 is 19.1 Å². The maximum Gasteiger partial charge on any atom is 0.415 e. The van der Waals surface area contributed by atoms with Crippen molar-refractivity contribution in [2.75, 3.05) is 18.0 Å². The summed E-state index contributed by atoms with van der Waals surface area (Å²) in [6.07, 6.45) is 2.67. The Labute approximate surface area is 247 Å². The van der Waals surface area contributed by atoms with Crippen LogP contribution in [0.2, 0.25) is 0 Å². The number of hydrogen-bond donors (Lipinski definition) is 0. The number of thioether (sulfide) groups is 1. The number of likely N-dealkylation sites (tertiary alicyclic amines) is 1. The molecule has 4 rings (SSSR count). The fourth-order valence-corrected chi connectivity index (χ4v) is 5.72. The zero-order valence-corrected chi connectivity index (χ0v) is 26.3. The van der Waals surface area contributed by atoms with E-state index in [-0.39, 0.29) is 11.3 Å². The molecule has 0 N–H and O–H groups in total. The Morgan fingerprint density at radius 3 is 2.31 bits per heavy atom. The minimum absolute atomic E-state index is 0.269. The molecule has 0 spiro atoms. The van der Waals surface area contributed by atoms with E-state index in [1.807, 2.05) is 77.9 Å². The molecule has 3 heterocycles. The summed E-state index contributed by atoms with van der Waals surface area (Å²) in [6, 6.07) is 11.8. The standard InChI is InChI=1S/C28H36IN5O4S/c1-27(2,3)37-25(35)32-14-12-20(13-15-32)39-23-16-21(24-30-17-22(29)34(24)31-23)33(26(36)38-28(4,5)6)18-19-10-8-7-9-11-19/h7-11,16-17,20H,12-15,18H2,1-6H3. The van der Waals surface area contributed by atoms with Gasteiger partial charge in [-0.2, -0.15) is 5.10 Å². The summed E-state index contributed by atoms with van der Waals surface area (Å²) in [5.74, 6) is 0. The van der Waals surface area contributed by atoms with Gasteiger partial charge in [0, 0.05) is 18.3 Å². The minimum Gasteiger partial charge on any atom is -0.444 e. The molecule has 0 saturated carbocycles. The van der Waals surface area contributed by atoms with E-state index in [1.54, 1.807) is 32.3 Å². The largest absolute Gasteiger partial charge is 0.444 e. The molecule has 2 amide bonds. The van der Waals surface area contributed by atoms with E-state index in [2.05, 4.69) is 27.6 Å². The normalized spacial score (nSPS) is 14.9. The first kappa shape index (κ1) is 29.4. The van der Waals surface area contributed by atoms with Gasteiger partial charge in [0.25, 0.3) is 0 Å². The Hall–Kier alpha value is -2.54. The number of nitrogens with zero attached hydrogens (tertiary/aromatic N) is 5. The highest BCUT2D eigenvalue weighted by atomic mass is 127. The molecule has 11 heteroatoms. The molecule has 0 radical (unpaired) electrons. The molecule has 1 saturated heterocycles. The van der Waals surface area contributed by atoms with Crippen LogP contribution in [-0.4, -0.2) is 61.2 Å². The first-order valence-corrected chi connectivity index (χ1v) is 15.0. The Balaban J connectivity index is 1.60. The molecular formula is C28H36IN5O4S. The lowest BCUT2D eigenvalue weighted by Gasteiger charge is -2.33. The van der Waals surface area contributed by atoms with Crippen molar-refractivity contribution >= 4 is 57.9 Å². The predicted molar refractivity (Wildman–Crippen MR) is 161 cm³/mol. The van der Waals surface area contributed by atoms with E-state index in [4.69, 9.17) is 14.6 Å². The SMILES string of the molecule is CC(C)(C)OC(=O)N1CCC(Sc2cc(N(Cc3ccccc3)C(=O)OC(C)(C)C)c3ncc(I)n3n2)CC1. The Morgan fingerprint density at radius 2 is 1.69 bits per heavy atom. The van der Waals surface area contributed by atoms with Crippen molar-refractivity contribution in [3.63, 3.8) is 0 Å². The second-order valence-corrected chi connectivity index (χ2v) is 13.9. The Bertz CT molecular complexity index is 1310. The third-order valence-corrected chi connectivity index (χ3v) is 7.83. The van der Waals surface area contributed by atoms with Gasteiger partial charge >= 0.3 is 12.2 Å². The van der Waals surface area contributed by atoms with Crippen molar-refractivity contribution in [3.05, 3.63) is 51.9 Å². The number of amides is 2. The Kier molecular flexibility index (Phi) is 8.99. The number of ether oxygens (including phenoxy) is 2. The lowest BCUT2D eigenvalue weighted by atomic mass is 10.1. The Morgan fingerprint density at radius 1 is 1.05 bits per heavy atom. The molecule has 210 valence electrons. The number of imidazole rings is 1.